The van der Waals surface area contributed by atoms with Gasteiger partial charge in [0.25, 0.3) is 0 Å². The number of esters is 1. The largest absolute Gasteiger partial charge is 0.465 e. The van der Waals surface area contributed by atoms with Gasteiger partial charge in [0.1, 0.15) is 17.2 Å². The van der Waals surface area contributed by atoms with E-state index in [0.29, 0.717) is 35.6 Å². The zero-order valence-electron chi connectivity index (χ0n) is 18.2. The SMILES string of the molecule is COC(=O)c1cc(N2CCOCC2)cc2c1nc(C)n2-c1cc(C)nc2cc(F)ccc12. The van der Waals surface area contributed by atoms with Gasteiger partial charge in [-0.05, 0) is 44.2 Å². The molecule has 1 fully saturated rings. The van der Waals surface area contributed by atoms with E-state index >= 15 is 0 Å². The number of ether oxygens (including phenoxy) is 2. The minimum Gasteiger partial charge on any atom is -0.465 e. The quantitative estimate of drug-likeness (QED) is 0.455. The van der Waals surface area contributed by atoms with Crippen molar-refractivity contribution < 1.29 is 18.7 Å². The fourth-order valence-corrected chi connectivity index (χ4v) is 4.35. The van der Waals surface area contributed by atoms with Gasteiger partial charge in [-0.15, -0.1) is 0 Å². The third kappa shape index (κ3) is 3.36. The number of rotatable bonds is 3. The van der Waals surface area contributed by atoms with Gasteiger partial charge in [0, 0.05) is 35.9 Å². The van der Waals surface area contributed by atoms with Gasteiger partial charge in [-0.25, -0.2) is 14.2 Å². The van der Waals surface area contributed by atoms with Crippen LogP contribution in [0.15, 0.2) is 36.4 Å². The average Bonchev–Trinajstić information content (AvgIpc) is 3.13. The summed E-state index contributed by atoms with van der Waals surface area (Å²) in [5, 5.41) is 0.802. The van der Waals surface area contributed by atoms with Crippen LogP contribution in [0.5, 0.6) is 0 Å². The number of benzene rings is 2. The van der Waals surface area contributed by atoms with Gasteiger partial charge < -0.3 is 14.4 Å². The Balaban J connectivity index is 1.82. The summed E-state index contributed by atoms with van der Waals surface area (Å²) in [6, 6.07) is 10.4. The van der Waals surface area contributed by atoms with Crippen LogP contribution in [0.2, 0.25) is 0 Å². The van der Waals surface area contributed by atoms with E-state index < -0.39 is 5.97 Å². The van der Waals surface area contributed by atoms with Gasteiger partial charge in [-0.2, -0.15) is 0 Å². The molecule has 1 aliphatic heterocycles. The van der Waals surface area contributed by atoms with E-state index in [-0.39, 0.29) is 5.82 Å². The number of morpholine rings is 1. The van der Waals surface area contributed by atoms with Gasteiger partial charge in [-0.1, -0.05) is 0 Å². The summed E-state index contributed by atoms with van der Waals surface area (Å²) >= 11 is 0. The molecule has 0 bridgehead atoms. The Morgan fingerprint density at radius 2 is 1.88 bits per heavy atom. The molecule has 7 nitrogen and oxygen atoms in total. The van der Waals surface area contributed by atoms with Gasteiger partial charge in [0.15, 0.2) is 0 Å². The van der Waals surface area contributed by atoms with Crippen LogP contribution in [0.1, 0.15) is 21.9 Å². The van der Waals surface area contributed by atoms with Crippen LogP contribution in [0.3, 0.4) is 0 Å². The lowest BCUT2D eigenvalue weighted by atomic mass is 10.1. The highest BCUT2D eigenvalue weighted by atomic mass is 19.1. The van der Waals surface area contributed by atoms with Crippen molar-refractivity contribution in [2.45, 2.75) is 13.8 Å². The molecule has 0 unspecified atom stereocenters. The van der Waals surface area contributed by atoms with E-state index in [1.165, 1.54) is 19.2 Å². The molecule has 0 radical (unpaired) electrons. The standard InChI is InChI=1S/C24H23FN4O3/c1-14-10-21(18-5-4-16(25)11-20(18)26-14)29-15(2)27-23-19(24(30)31-3)12-17(13-22(23)29)28-6-8-32-9-7-28/h4-5,10-13H,6-9H2,1-3H3. The fourth-order valence-electron chi connectivity index (χ4n) is 4.35. The minimum absolute atomic E-state index is 0.337. The lowest BCUT2D eigenvalue weighted by molar-refractivity contribution is 0.0603. The van der Waals surface area contributed by atoms with E-state index in [9.17, 15) is 9.18 Å². The molecular formula is C24H23FN4O3. The summed E-state index contributed by atoms with van der Waals surface area (Å²) in [4.78, 5) is 24.1. The number of aromatic nitrogens is 3. The van der Waals surface area contributed by atoms with Crippen molar-refractivity contribution in [2.24, 2.45) is 0 Å². The number of anilines is 1. The molecule has 3 heterocycles. The molecule has 2 aromatic carbocycles. The molecule has 1 aliphatic rings. The molecule has 4 aromatic rings. The summed E-state index contributed by atoms with van der Waals surface area (Å²) in [5.74, 6) is -0.0653. The normalized spacial score (nSPS) is 14.3. The van der Waals surface area contributed by atoms with Crippen LogP contribution < -0.4 is 4.90 Å². The lowest BCUT2D eigenvalue weighted by Gasteiger charge is -2.29. The maximum atomic E-state index is 13.9. The molecule has 32 heavy (non-hydrogen) atoms. The van der Waals surface area contributed by atoms with Crippen molar-refractivity contribution in [1.82, 2.24) is 14.5 Å². The van der Waals surface area contributed by atoms with Crippen LogP contribution >= 0.6 is 0 Å². The molecule has 0 atom stereocenters. The maximum Gasteiger partial charge on any atom is 0.340 e. The first-order valence-corrected chi connectivity index (χ1v) is 10.5. The van der Waals surface area contributed by atoms with Gasteiger partial charge in [0.2, 0.25) is 0 Å². The molecule has 0 aliphatic carbocycles. The molecule has 164 valence electrons. The molecule has 0 spiro atoms. The van der Waals surface area contributed by atoms with E-state index in [1.807, 2.05) is 36.6 Å². The number of fused-ring (bicyclic) bond motifs is 2. The van der Waals surface area contributed by atoms with Crippen molar-refractivity contribution in [3.05, 3.63) is 59.3 Å². The van der Waals surface area contributed by atoms with Crippen LogP contribution in [0, 0.1) is 19.7 Å². The third-order valence-corrected chi connectivity index (χ3v) is 5.81. The number of hydrogen-bond acceptors (Lipinski definition) is 6. The highest BCUT2D eigenvalue weighted by Crippen LogP contribution is 2.33. The van der Waals surface area contributed by atoms with Gasteiger partial charge in [-0.3, -0.25) is 9.55 Å². The number of pyridine rings is 1. The number of aryl methyl sites for hydroxylation is 2. The number of carbonyl (C=O) groups excluding carboxylic acids is 1. The predicted molar refractivity (Wildman–Crippen MR) is 120 cm³/mol. The van der Waals surface area contributed by atoms with Crippen LogP contribution in [0.25, 0.3) is 27.6 Å². The van der Waals surface area contributed by atoms with Crippen molar-refractivity contribution in [3.63, 3.8) is 0 Å². The van der Waals surface area contributed by atoms with Crippen molar-refractivity contribution in [1.29, 1.82) is 0 Å². The molecule has 1 saturated heterocycles. The Kier molecular flexibility index (Phi) is 5.01. The highest BCUT2D eigenvalue weighted by Gasteiger charge is 2.23. The number of halogens is 1. The van der Waals surface area contributed by atoms with Crippen LogP contribution in [-0.4, -0.2) is 53.9 Å². The number of hydrogen-bond donors (Lipinski definition) is 0. The number of carbonyl (C=O) groups is 1. The van der Waals surface area contributed by atoms with E-state index in [4.69, 9.17) is 14.5 Å². The zero-order valence-corrected chi connectivity index (χ0v) is 18.2. The van der Waals surface area contributed by atoms with E-state index in [0.717, 1.165) is 41.1 Å². The van der Waals surface area contributed by atoms with Crippen LogP contribution in [0.4, 0.5) is 10.1 Å². The monoisotopic (exact) mass is 434 g/mol. The smallest absolute Gasteiger partial charge is 0.340 e. The summed E-state index contributed by atoms with van der Waals surface area (Å²) < 4.78 is 26.4. The Labute approximate surface area is 184 Å². The van der Waals surface area contributed by atoms with Crippen molar-refractivity contribution in [2.75, 3.05) is 38.3 Å². The molecule has 8 heteroatoms. The first-order valence-electron chi connectivity index (χ1n) is 10.5. The van der Waals surface area contributed by atoms with E-state index in [2.05, 4.69) is 9.88 Å². The Hall–Kier alpha value is -3.52. The molecule has 0 saturated carbocycles. The topological polar surface area (TPSA) is 69.5 Å². The molecule has 5 rings (SSSR count). The number of imidazole rings is 1. The predicted octanol–water partition coefficient (Wildman–Crippen LogP) is 3.95. The summed E-state index contributed by atoms with van der Waals surface area (Å²) in [5.41, 5.74) is 4.83. The average molecular weight is 434 g/mol. The van der Waals surface area contributed by atoms with Crippen LogP contribution in [-0.2, 0) is 9.47 Å². The summed E-state index contributed by atoms with van der Waals surface area (Å²) in [6.45, 7) is 6.49. The minimum atomic E-state index is -0.437. The van der Waals surface area contributed by atoms with Gasteiger partial charge in [0.05, 0.1) is 42.6 Å². The Bertz CT molecular complexity index is 1350. The number of methoxy groups -OCH3 is 1. The molecule has 2 aromatic heterocycles. The third-order valence-electron chi connectivity index (χ3n) is 5.81. The van der Waals surface area contributed by atoms with Gasteiger partial charge >= 0.3 is 5.97 Å². The fraction of sp³-hybridized carbons (Fsp3) is 0.292. The second kappa shape index (κ2) is 7.87. The Morgan fingerprint density at radius 3 is 2.62 bits per heavy atom. The molecule has 0 amide bonds. The highest BCUT2D eigenvalue weighted by molar-refractivity contribution is 6.05. The summed E-state index contributed by atoms with van der Waals surface area (Å²) in [7, 11) is 1.37. The van der Waals surface area contributed by atoms with Crippen molar-refractivity contribution >= 4 is 33.6 Å². The van der Waals surface area contributed by atoms with E-state index in [1.54, 1.807) is 6.07 Å². The first-order chi connectivity index (χ1) is 15.5. The lowest BCUT2D eigenvalue weighted by Crippen LogP contribution is -2.36. The number of nitrogens with zero attached hydrogens (tertiary/aromatic N) is 4. The maximum absolute atomic E-state index is 13.9. The van der Waals surface area contributed by atoms with Crippen molar-refractivity contribution in [3.8, 4) is 5.69 Å². The second-order valence-electron chi connectivity index (χ2n) is 7.89. The second-order valence-corrected chi connectivity index (χ2v) is 7.89. The summed E-state index contributed by atoms with van der Waals surface area (Å²) in [6.07, 6.45) is 0. The Morgan fingerprint density at radius 1 is 1.09 bits per heavy atom. The molecular weight excluding hydrogens is 411 g/mol. The zero-order chi connectivity index (χ0) is 22.4. The first kappa shape index (κ1) is 20.4. The molecule has 0 N–H and O–H groups in total.